The van der Waals surface area contributed by atoms with Crippen molar-refractivity contribution in [3.8, 4) is 0 Å². The monoisotopic (exact) mass is 197 g/mol. The van der Waals surface area contributed by atoms with Crippen LogP contribution in [0.4, 0.5) is 0 Å². The van der Waals surface area contributed by atoms with Crippen molar-refractivity contribution >= 4 is 17.1 Å². The standard InChI is InChI=1S/C10H15NOS/c1-4-9(8(3)12)5-10-11-7(2)6-13-10/h6,9H,4-5H2,1-3H3. The number of aromatic nitrogens is 1. The summed E-state index contributed by atoms with van der Waals surface area (Å²) < 4.78 is 0. The van der Waals surface area contributed by atoms with Gasteiger partial charge in [0.25, 0.3) is 0 Å². The highest BCUT2D eigenvalue weighted by molar-refractivity contribution is 7.09. The Morgan fingerprint density at radius 3 is 2.77 bits per heavy atom. The molecule has 3 heteroatoms. The van der Waals surface area contributed by atoms with E-state index in [9.17, 15) is 4.79 Å². The second kappa shape index (κ2) is 4.51. The predicted octanol–water partition coefficient (Wildman–Crippen LogP) is 2.61. The molecular formula is C10H15NOS. The van der Waals surface area contributed by atoms with Gasteiger partial charge in [0, 0.05) is 23.4 Å². The zero-order chi connectivity index (χ0) is 9.84. The van der Waals surface area contributed by atoms with Crippen LogP contribution in [-0.2, 0) is 11.2 Å². The van der Waals surface area contributed by atoms with Crippen molar-refractivity contribution in [2.45, 2.75) is 33.6 Å². The van der Waals surface area contributed by atoms with Gasteiger partial charge in [-0.15, -0.1) is 11.3 Å². The Morgan fingerprint density at radius 2 is 2.38 bits per heavy atom. The van der Waals surface area contributed by atoms with Crippen molar-refractivity contribution in [1.82, 2.24) is 4.98 Å². The largest absolute Gasteiger partial charge is 0.300 e. The van der Waals surface area contributed by atoms with Gasteiger partial charge in [-0.3, -0.25) is 4.79 Å². The highest BCUT2D eigenvalue weighted by atomic mass is 32.1. The van der Waals surface area contributed by atoms with Crippen molar-refractivity contribution in [3.05, 3.63) is 16.1 Å². The molecule has 0 radical (unpaired) electrons. The molecule has 2 nitrogen and oxygen atoms in total. The van der Waals surface area contributed by atoms with Gasteiger partial charge in [0.1, 0.15) is 5.78 Å². The van der Waals surface area contributed by atoms with Crippen LogP contribution in [0, 0.1) is 12.8 Å². The van der Waals surface area contributed by atoms with Crippen LogP contribution in [0.15, 0.2) is 5.38 Å². The Hall–Kier alpha value is -0.700. The zero-order valence-corrected chi connectivity index (χ0v) is 9.15. The lowest BCUT2D eigenvalue weighted by Crippen LogP contribution is -2.12. The molecule has 1 rings (SSSR count). The first kappa shape index (κ1) is 10.4. The van der Waals surface area contributed by atoms with Crippen molar-refractivity contribution in [3.63, 3.8) is 0 Å². The van der Waals surface area contributed by atoms with E-state index in [-0.39, 0.29) is 11.7 Å². The third kappa shape index (κ3) is 2.92. The number of nitrogens with zero attached hydrogens (tertiary/aromatic N) is 1. The summed E-state index contributed by atoms with van der Waals surface area (Å²) in [6.07, 6.45) is 1.72. The van der Waals surface area contributed by atoms with Gasteiger partial charge in [0.15, 0.2) is 0 Å². The second-order valence-corrected chi connectivity index (χ2v) is 4.25. The van der Waals surface area contributed by atoms with Crippen LogP contribution >= 0.6 is 11.3 Å². The molecule has 0 fully saturated rings. The van der Waals surface area contributed by atoms with Crippen molar-refractivity contribution < 1.29 is 4.79 Å². The van der Waals surface area contributed by atoms with Gasteiger partial charge in [0.2, 0.25) is 0 Å². The van der Waals surface area contributed by atoms with E-state index in [0.29, 0.717) is 0 Å². The first-order valence-electron chi connectivity index (χ1n) is 4.55. The lowest BCUT2D eigenvalue weighted by Gasteiger charge is -2.07. The summed E-state index contributed by atoms with van der Waals surface area (Å²) in [6.45, 7) is 5.69. The minimum Gasteiger partial charge on any atom is -0.300 e. The highest BCUT2D eigenvalue weighted by Gasteiger charge is 2.13. The third-order valence-corrected chi connectivity index (χ3v) is 3.14. The van der Waals surface area contributed by atoms with Crippen LogP contribution in [0.2, 0.25) is 0 Å². The lowest BCUT2D eigenvalue weighted by atomic mass is 9.99. The first-order valence-corrected chi connectivity index (χ1v) is 5.43. The van der Waals surface area contributed by atoms with E-state index in [0.717, 1.165) is 23.5 Å². The van der Waals surface area contributed by atoms with E-state index in [2.05, 4.69) is 4.98 Å². The van der Waals surface area contributed by atoms with Crippen molar-refractivity contribution in [2.24, 2.45) is 5.92 Å². The molecule has 0 aliphatic heterocycles. The Balaban J connectivity index is 2.61. The molecule has 1 atom stereocenters. The molecule has 13 heavy (non-hydrogen) atoms. The molecule has 1 aromatic rings. The SMILES string of the molecule is CCC(Cc1nc(C)cs1)C(C)=O. The molecule has 0 aromatic carbocycles. The average Bonchev–Trinajstić information content (AvgIpc) is 2.46. The molecule has 0 saturated carbocycles. The maximum Gasteiger partial charge on any atom is 0.133 e. The first-order chi connectivity index (χ1) is 6.13. The van der Waals surface area contributed by atoms with E-state index >= 15 is 0 Å². The van der Waals surface area contributed by atoms with Crippen molar-refractivity contribution in [2.75, 3.05) is 0 Å². The fourth-order valence-electron chi connectivity index (χ4n) is 1.28. The van der Waals surface area contributed by atoms with Gasteiger partial charge in [-0.2, -0.15) is 0 Å². The minimum atomic E-state index is 0.158. The van der Waals surface area contributed by atoms with E-state index in [1.807, 2.05) is 19.2 Å². The second-order valence-electron chi connectivity index (χ2n) is 3.30. The topological polar surface area (TPSA) is 30.0 Å². The molecule has 1 unspecified atom stereocenters. The summed E-state index contributed by atoms with van der Waals surface area (Å²) in [5, 5.41) is 3.11. The van der Waals surface area contributed by atoms with Crippen LogP contribution in [0.5, 0.6) is 0 Å². The summed E-state index contributed by atoms with van der Waals surface area (Å²) >= 11 is 1.65. The molecule has 0 aliphatic carbocycles. The van der Waals surface area contributed by atoms with Crippen molar-refractivity contribution in [1.29, 1.82) is 0 Å². The van der Waals surface area contributed by atoms with Gasteiger partial charge < -0.3 is 0 Å². The number of hydrogen-bond acceptors (Lipinski definition) is 3. The normalized spacial score (nSPS) is 12.8. The number of Topliss-reactive ketones (excluding diaryl/α,β-unsaturated/α-hetero) is 1. The molecular weight excluding hydrogens is 182 g/mol. The smallest absolute Gasteiger partial charge is 0.133 e. The number of carbonyl (C=O) groups is 1. The summed E-state index contributed by atoms with van der Waals surface area (Å²) in [7, 11) is 0. The average molecular weight is 197 g/mol. The summed E-state index contributed by atoms with van der Waals surface area (Å²) in [5.41, 5.74) is 1.05. The molecule has 72 valence electrons. The van der Waals surface area contributed by atoms with Gasteiger partial charge in [0.05, 0.1) is 5.01 Å². The molecule has 1 heterocycles. The maximum absolute atomic E-state index is 11.2. The van der Waals surface area contributed by atoms with E-state index < -0.39 is 0 Å². The Labute approximate surface area is 83.0 Å². The summed E-state index contributed by atoms with van der Waals surface area (Å²) in [5.74, 6) is 0.431. The number of carbonyl (C=O) groups excluding carboxylic acids is 1. The third-order valence-electron chi connectivity index (χ3n) is 2.16. The molecule has 0 amide bonds. The molecule has 0 spiro atoms. The Kier molecular flexibility index (Phi) is 3.60. The Bertz CT molecular complexity index is 293. The summed E-state index contributed by atoms with van der Waals surface area (Å²) in [6, 6.07) is 0. The predicted molar refractivity (Wildman–Crippen MR) is 55.0 cm³/mol. The van der Waals surface area contributed by atoms with E-state index in [1.165, 1.54) is 0 Å². The summed E-state index contributed by atoms with van der Waals surface area (Å²) in [4.78, 5) is 15.5. The molecule has 0 N–H and O–H groups in total. The number of rotatable bonds is 4. The fraction of sp³-hybridized carbons (Fsp3) is 0.600. The van der Waals surface area contributed by atoms with Crippen LogP contribution < -0.4 is 0 Å². The van der Waals surface area contributed by atoms with Crippen LogP contribution in [0.25, 0.3) is 0 Å². The zero-order valence-electron chi connectivity index (χ0n) is 8.33. The Morgan fingerprint density at radius 1 is 1.69 bits per heavy atom. The number of aryl methyl sites for hydroxylation is 1. The fourth-order valence-corrected chi connectivity index (χ4v) is 2.14. The number of thiazole rings is 1. The minimum absolute atomic E-state index is 0.158. The van der Waals surface area contributed by atoms with Gasteiger partial charge in [-0.05, 0) is 20.3 Å². The van der Waals surface area contributed by atoms with E-state index in [1.54, 1.807) is 18.3 Å². The van der Waals surface area contributed by atoms with Gasteiger partial charge in [-0.25, -0.2) is 4.98 Å². The van der Waals surface area contributed by atoms with Crippen LogP contribution in [0.3, 0.4) is 0 Å². The quantitative estimate of drug-likeness (QED) is 0.742. The maximum atomic E-state index is 11.2. The molecule has 0 aliphatic rings. The number of hydrogen-bond donors (Lipinski definition) is 0. The molecule has 0 saturated heterocycles. The van der Waals surface area contributed by atoms with E-state index in [4.69, 9.17) is 0 Å². The highest BCUT2D eigenvalue weighted by Crippen LogP contribution is 2.16. The van der Waals surface area contributed by atoms with Crippen LogP contribution in [0.1, 0.15) is 31.0 Å². The van der Waals surface area contributed by atoms with Crippen LogP contribution in [-0.4, -0.2) is 10.8 Å². The lowest BCUT2D eigenvalue weighted by molar-refractivity contribution is -0.120. The molecule has 0 bridgehead atoms. The molecule has 1 aromatic heterocycles. The van der Waals surface area contributed by atoms with Gasteiger partial charge in [-0.1, -0.05) is 6.92 Å². The van der Waals surface area contributed by atoms with Gasteiger partial charge >= 0.3 is 0 Å². The number of ketones is 1.